The number of carbonyl (C=O) groups excluding carboxylic acids is 1. The first-order chi connectivity index (χ1) is 10.8. The van der Waals surface area contributed by atoms with Crippen LogP contribution in [0.15, 0.2) is 73.3 Å². The lowest BCUT2D eigenvalue weighted by atomic mass is 10.2. The van der Waals surface area contributed by atoms with E-state index in [2.05, 4.69) is 15.6 Å². The Kier molecular flexibility index (Phi) is 4.15. The van der Waals surface area contributed by atoms with E-state index in [-0.39, 0.29) is 6.03 Å². The van der Waals surface area contributed by atoms with Crippen LogP contribution in [0, 0.1) is 0 Å². The third-order valence-corrected chi connectivity index (χ3v) is 3.22. The summed E-state index contributed by atoms with van der Waals surface area (Å²) >= 11 is 0. The van der Waals surface area contributed by atoms with Crippen LogP contribution in [0.1, 0.15) is 5.56 Å². The summed E-state index contributed by atoms with van der Waals surface area (Å²) in [4.78, 5) is 15.8. The molecule has 3 rings (SSSR count). The molecule has 0 aliphatic rings. The Bertz CT molecular complexity index is 721. The van der Waals surface area contributed by atoms with Crippen LogP contribution in [0.3, 0.4) is 0 Å². The van der Waals surface area contributed by atoms with E-state index in [1.54, 1.807) is 12.5 Å². The van der Waals surface area contributed by atoms with Gasteiger partial charge in [-0.3, -0.25) is 0 Å². The topological polar surface area (TPSA) is 59.0 Å². The molecule has 0 fully saturated rings. The number of hydrogen-bond acceptors (Lipinski definition) is 2. The largest absolute Gasteiger partial charge is 0.334 e. The van der Waals surface area contributed by atoms with E-state index in [4.69, 9.17) is 0 Å². The third kappa shape index (κ3) is 3.52. The molecule has 0 bridgehead atoms. The first-order valence-electron chi connectivity index (χ1n) is 6.98. The van der Waals surface area contributed by atoms with Gasteiger partial charge in [0.2, 0.25) is 0 Å². The van der Waals surface area contributed by atoms with E-state index in [9.17, 15) is 4.79 Å². The van der Waals surface area contributed by atoms with Gasteiger partial charge in [0.25, 0.3) is 0 Å². The maximum Gasteiger partial charge on any atom is 0.319 e. The van der Waals surface area contributed by atoms with Gasteiger partial charge in [-0.1, -0.05) is 30.3 Å². The predicted octanol–water partition coefficient (Wildman–Crippen LogP) is 3.19. The highest BCUT2D eigenvalue weighted by Gasteiger charge is 2.01. The number of carbonyl (C=O) groups is 1. The minimum Gasteiger partial charge on any atom is -0.334 e. The van der Waals surface area contributed by atoms with Crippen molar-refractivity contribution in [3.05, 3.63) is 78.9 Å². The quantitative estimate of drug-likeness (QED) is 0.776. The van der Waals surface area contributed by atoms with Crippen LogP contribution in [-0.2, 0) is 6.54 Å². The van der Waals surface area contributed by atoms with Crippen LogP contribution < -0.4 is 10.6 Å². The molecule has 0 unspecified atom stereocenters. The zero-order chi connectivity index (χ0) is 15.2. The van der Waals surface area contributed by atoms with Crippen molar-refractivity contribution in [1.82, 2.24) is 14.9 Å². The number of hydrogen-bond donors (Lipinski definition) is 2. The van der Waals surface area contributed by atoms with Gasteiger partial charge < -0.3 is 15.2 Å². The average Bonchev–Trinajstić information content (AvgIpc) is 3.09. The van der Waals surface area contributed by atoms with Gasteiger partial charge in [0, 0.05) is 30.3 Å². The summed E-state index contributed by atoms with van der Waals surface area (Å²) in [5.74, 6) is 0. The summed E-state index contributed by atoms with van der Waals surface area (Å²) in [5.41, 5.74) is 2.84. The van der Waals surface area contributed by atoms with E-state index in [1.165, 1.54) is 0 Å². The molecule has 1 heterocycles. The van der Waals surface area contributed by atoms with Gasteiger partial charge in [0.05, 0.1) is 6.33 Å². The average molecular weight is 292 g/mol. The molecule has 0 aliphatic heterocycles. The highest BCUT2D eigenvalue weighted by atomic mass is 16.2. The summed E-state index contributed by atoms with van der Waals surface area (Å²) in [6.07, 6.45) is 5.38. The zero-order valence-corrected chi connectivity index (χ0v) is 11.9. The van der Waals surface area contributed by atoms with Gasteiger partial charge in [-0.05, 0) is 29.8 Å². The van der Waals surface area contributed by atoms with E-state index in [0.717, 1.165) is 16.9 Å². The Hall–Kier alpha value is -3.08. The van der Waals surface area contributed by atoms with Crippen LogP contribution in [-0.4, -0.2) is 15.6 Å². The molecule has 1 aromatic heterocycles. The number of anilines is 1. The van der Waals surface area contributed by atoms with Crippen molar-refractivity contribution in [3.63, 3.8) is 0 Å². The minimum absolute atomic E-state index is 0.218. The van der Waals surface area contributed by atoms with Crippen LogP contribution in [0.25, 0.3) is 5.69 Å². The normalized spacial score (nSPS) is 10.2. The minimum atomic E-state index is -0.218. The molecule has 0 saturated carbocycles. The Morgan fingerprint density at radius 2 is 1.82 bits per heavy atom. The number of urea groups is 1. The lowest BCUT2D eigenvalue weighted by molar-refractivity contribution is 0.251. The Morgan fingerprint density at radius 1 is 1.05 bits per heavy atom. The van der Waals surface area contributed by atoms with Crippen molar-refractivity contribution >= 4 is 11.7 Å². The van der Waals surface area contributed by atoms with E-state index in [0.29, 0.717) is 6.54 Å². The predicted molar refractivity (Wildman–Crippen MR) is 85.9 cm³/mol. The molecule has 110 valence electrons. The second-order valence-electron chi connectivity index (χ2n) is 4.81. The third-order valence-electron chi connectivity index (χ3n) is 3.22. The standard InChI is InChI=1S/C17H16N4O/c22-17(20-15-4-2-1-3-5-15)19-12-14-6-8-16(9-7-14)21-11-10-18-13-21/h1-11,13H,12H2,(H2,19,20,22). The number of para-hydroxylation sites is 1. The summed E-state index contributed by atoms with van der Waals surface area (Å²) in [5, 5.41) is 5.62. The molecule has 0 atom stereocenters. The Balaban J connectivity index is 1.54. The summed E-state index contributed by atoms with van der Waals surface area (Å²) in [6, 6.07) is 17.1. The molecule has 0 spiro atoms. The molecular weight excluding hydrogens is 276 g/mol. The smallest absolute Gasteiger partial charge is 0.319 e. The van der Waals surface area contributed by atoms with Gasteiger partial charge in [0.1, 0.15) is 0 Å². The molecule has 2 amide bonds. The number of aromatic nitrogens is 2. The zero-order valence-electron chi connectivity index (χ0n) is 11.9. The van der Waals surface area contributed by atoms with Gasteiger partial charge in [-0.15, -0.1) is 0 Å². The molecule has 3 aromatic rings. The van der Waals surface area contributed by atoms with Crippen LogP contribution in [0.4, 0.5) is 10.5 Å². The van der Waals surface area contributed by atoms with Gasteiger partial charge in [-0.25, -0.2) is 9.78 Å². The lowest BCUT2D eigenvalue weighted by Gasteiger charge is -2.08. The van der Waals surface area contributed by atoms with Crippen LogP contribution in [0.2, 0.25) is 0 Å². The Morgan fingerprint density at radius 3 is 2.50 bits per heavy atom. The van der Waals surface area contributed by atoms with E-state index >= 15 is 0 Å². The van der Waals surface area contributed by atoms with Crippen molar-refractivity contribution in [2.75, 3.05) is 5.32 Å². The molecule has 5 heteroatoms. The molecule has 0 radical (unpaired) electrons. The molecule has 22 heavy (non-hydrogen) atoms. The second kappa shape index (κ2) is 6.58. The fourth-order valence-electron chi connectivity index (χ4n) is 2.08. The van der Waals surface area contributed by atoms with E-state index in [1.807, 2.05) is 65.4 Å². The lowest BCUT2D eigenvalue weighted by Crippen LogP contribution is -2.28. The molecule has 0 aliphatic carbocycles. The van der Waals surface area contributed by atoms with Crippen molar-refractivity contribution in [2.45, 2.75) is 6.54 Å². The van der Waals surface area contributed by atoms with Gasteiger partial charge in [0.15, 0.2) is 0 Å². The summed E-state index contributed by atoms with van der Waals surface area (Å²) < 4.78 is 1.93. The monoisotopic (exact) mass is 292 g/mol. The van der Waals surface area contributed by atoms with Crippen LogP contribution >= 0.6 is 0 Å². The van der Waals surface area contributed by atoms with Crippen LogP contribution in [0.5, 0.6) is 0 Å². The second-order valence-corrected chi connectivity index (χ2v) is 4.81. The first kappa shape index (κ1) is 13.9. The molecule has 5 nitrogen and oxygen atoms in total. The number of amides is 2. The molecular formula is C17H16N4O. The SMILES string of the molecule is O=C(NCc1ccc(-n2ccnc2)cc1)Nc1ccccc1. The van der Waals surface area contributed by atoms with E-state index < -0.39 is 0 Å². The van der Waals surface area contributed by atoms with Crippen molar-refractivity contribution in [1.29, 1.82) is 0 Å². The number of benzene rings is 2. The number of rotatable bonds is 4. The molecule has 2 N–H and O–H groups in total. The highest BCUT2D eigenvalue weighted by Crippen LogP contribution is 2.09. The van der Waals surface area contributed by atoms with Crippen molar-refractivity contribution < 1.29 is 4.79 Å². The van der Waals surface area contributed by atoms with Gasteiger partial charge >= 0.3 is 6.03 Å². The van der Waals surface area contributed by atoms with Crippen molar-refractivity contribution in [2.24, 2.45) is 0 Å². The highest BCUT2D eigenvalue weighted by molar-refractivity contribution is 5.89. The maximum atomic E-state index is 11.8. The number of nitrogens with one attached hydrogen (secondary N) is 2. The Labute approximate surface area is 128 Å². The van der Waals surface area contributed by atoms with Crippen molar-refractivity contribution in [3.8, 4) is 5.69 Å². The first-order valence-corrected chi connectivity index (χ1v) is 6.98. The fraction of sp³-hybridized carbons (Fsp3) is 0.0588. The number of nitrogens with zero attached hydrogens (tertiary/aromatic N) is 2. The molecule has 2 aromatic carbocycles. The summed E-state index contributed by atoms with van der Waals surface area (Å²) in [7, 11) is 0. The maximum absolute atomic E-state index is 11.8. The van der Waals surface area contributed by atoms with Gasteiger partial charge in [-0.2, -0.15) is 0 Å². The fourth-order valence-corrected chi connectivity index (χ4v) is 2.08. The number of imidazole rings is 1. The summed E-state index contributed by atoms with van der Waals surface area (Å²) in [6.45, 7) is 0.475. The molecule has 0 saturated heterocycles.